The van der Waals surface area contributed by atoms with Crippen molar-refractivity contribution < 1.29 is 0 Å². The molecule has 0 aromatic carbocycles. The first kappa shape index (κ1) is 9.55. The molecule has 1 aromatic rings. The Morgan fingerprint density at radius 1 is 1.50 bits per heavy atom. The smallest absolute Gasteiger partial charge is 0.105 e. The van der Waals surface area contributed by atoms with Crippen LogP contribution < -0.4 is 5.32 Å². The summed E-state index contributed by atoms with van der Waals surface area (Å²) in [4.78, 5) is 4.45. The zero-order valence-corrected chi connectivity index (χ0v) is 8.24. The van der Waals surface area contributed by atoms with Gasteiger partial charge >= 0.3 is 0 Å². The summed E-state index contributed by atoms with van der Waals surface area (Å²) in [5.41, 5.74) is 2.64. The van der Waals surface area contributed by atoms with E-state index in [-0.39, 0.29) is 12.4 Å². The molecule has 1 aliphatic rings. The first-order valence-electron chi connectivity index (χ1n) is 4.01. The number of aromatic nitrogens is 2. The standard InChI is InChI=1S/C8H13N3.ClH/c1-6-10-7-5-9-4-3-8(7)11(6)2;/h9H,3-5H2,1-2H3;1H. The molecule has 0 amide bonds. The van der Waals surface area contributed by atoms with Gasteiger partial charge in [-0.15, -0.1) is 12.4 Å². The van der Waals surface area contributed by atoms with E-state index in [1.807, 2.05) is 0 Å². The van der Waals surface area contributed by atoms with Crippen LogP contribution in [0.1, 0.15) is 17.2 Å². The van der Waals surface area contributed by atoms with E-state index in [9.17, 15) is 0 Å². The molecule has 0 aliphatic carbocycles. The van der Waals surface area contributed by atoms with Gasteiger partial charge < -0.3 is 9.88 Å². The van der Waals surface area contributed by atoms with Crippen molar-refractivity contribution in [3.8, 4) is 0 Å². The van der Waals surface area contributed by atoms with Gasteiger partial charge in [0.2, 0.25) is 0 Å². The lowest BCUT2D eigenvalue weighted by atomic mass is 10.2. The van der Waals surface area contributed by atoms with Gasteiger partial charge in [0.25, 0.3) is 0 Å². The van der Waals surface area contributed by atoms with Gasteiger partial charge in [-0.2, -0.15) is 0 Å². The summed E-state index contributed by atoms with van der Waals surface area (Å²) in [5.74, 6) is 1.12. The first-order valence-corrected chi connectivity index (χ1v) is 4.01. The van der Waals surface area contributed by atoms with E-state index in [0.29, 0.717) is 0 Å². The lowest BCUT2D eigenvalue weighted by Gasteiger charge is -2.12. The number of hydrogen-bond donors (Lipinski definition) is 1. The van der Waals surface area contributed by atoms with E-state index in [0.717, 1.165) is 25.3 Å². The molecule has 12 heavy (non-hydrogen) atoms. The van der Waals surface area contributed by atoms with Crippen molar-refractivity contribution in [1.29, 1.82) is 0 Å². The molecule has 4 heteroatoms. The maximum absolute atomic E-state index is 4.45. The van der Waals surface area contributed by atoms with E-state index in [2.05, 4.69) is 28.8 Å². The molecule has 0 unspecified atom stereocenters. The fraction of sp³-hybridized carbons (Fsp3) is 0.625. The van der Waals surface area contributed by atoms with E-state index < -0.39 is 0 Å². The van der Waals surface area contributed by atoms with Crippen LogP contribution in [0.15, 0.2) is 0 Å². The molecule has 2 heterocycles. The van der Waals surface area contributed by atoms with Crippen LogP contribution in [0.3, 0.4) is 0 Å². The fourth-order valence-electron chi connectivity index (χ4n) is 1.59. The molecule has 0 radical (unpaired) electrons. The second-order valence-electron chi connectivity index (χ2n) is 3.04. The van der Waals surface area contributed by atoms with Crippen LogP contribution in [-0.2, 0) is 20.0 Å². The molecule has 0 spiro atoms. The summed E-state index contributed by atoms with van der Waals surface area (Å²) in [7, 11) is 2.09. The highest BCUT2D eigenvalue weighted by molar-refractivity contribution is 5.85. The maximum Gasteiger partial charge on any atom is 0.105 e. The van der Waals surface area contributed by atoms with Gasteiger partial charge in [-0.05, 0) is 6.92 Å². The Kier molecular flexibility index (Phi) is 2.75. The summed E-state index contributed by atoms with van der Waals surface area (Å²) < 4.78 is 2.19. The van der Waals surface area contributed by atoms with Crippen molar-refractivity contribution in [1.82, 2.24) is 14.9 Å². The van der Waals surface area contributed by atoms with Crippen molar-refractivity contribution in [2.75, 3.05) is 6.54 Å². The van der Waals surface area contributed by atoms with Crippen LogP contribution in [0.5, 0.6) is 0 Å². The first-order chi connectivity index (χ1) is 5.29. The minimum atomic E-state index is 0. The Hall–Kier alpha value is -0.540. The Labute approximate surface area is 78.6 Å². The molecular formula is C8H14ClN3. The summed E-state index contributed by atoms with van der Waals surface area (Å²) in [5, 5.41) is 3.31. The van der Waals surface area contributed by atoms with Crippen molar-refractivity contribution >= 4 is 12.4 Å². The van der Waals surface area contributed by atoms with Gasteiger partial charge in [-0.3, -0.25) is 0 Å². The third-order valence-electron chi connectivity index (χ3n) is 2.35. The largest absolute Gasteiger partial charge is 0.335 e. The zero-order valence-electron chi connectivity index (χ0n) is 7.42. The lowest BCUT2D eigenvalue weighted by molar-refractivity contribution is 0.611. The Morgan fingerprint density at radius 3 is 2.92 bits per heavy atom. The van der Waals surface area contributed by atoms with E-state index in [1.165, 1.54) is 11.4 Å². The topological polar surface area (TPSA) is 29.9 Å². The zero-order chi connectivity index (χ0) is 7.84. The van der Waals surface area contributed by atoms with E-state index in [4.69, 9.17) is 0 Å². The second kappa shape index (κ2) is 3.46. The fourth-order valence-corrected chi connectivity index (χ4v) is 1.59. The number of imidazole rings is 1. The lowest BCUT2D eigenvalue weighted by Crippen LogP contribution is -2.24. The number of aryl methyl sites for hydroxylation is 1. The highest BCUT2D eigenvalue weighted by Crippen LogP contribution is 2.13. The molecule has 0 bridgehead atoms. The minimum Gasteiger partial charge on any atom is -0.335 e. The maximum atomic E-state index is 4.45. The molecule has 0 saturated heterocycles. The molecule has 1 aromatic heterocycles. The average molecular weight is 188 g/mol. The number of rotatable bonds is 0. The number of nitrogens with one attached hydrogen (secondary N) is 1. The Balaban J connectivity index is 0.000000720. The number of fused-ring (bicyclic) bond motifs is 1. The third-order valence-corrected chi connectivity index (χ3v) is 2.35. The SMILES string of the molecule is Cc1nc2c(n1C)CCNC2.Cl. The summed E-state index contributed by atoms with van der Waals surface area (Å²) in [6, 6.07) is 0. The van der Waals surface area contributed by atoms with Crippen molar-refractivity contribution in [2.45, 2.75) is 19.9 Å². The third kappa shape index (κ3) is 1.34. The average Bonchev–Trinajstić information content (AvgIpc) is 2.30. The quantitative estimate of drug-likeness (QED) is 0.651. The van der Waals surface area contributed by atoms with Gasteiger partial charge in [0, 0.05) is 32.3 Å². The van der Waals surface area contributed by atoms with E-state index in [1.54, 1.807) is 0 Å². The van der Waals surface area contributed by atoms with Crippen LogP contribution >= 0.6 is 12.4 Å². The number of halogens is 1. The second-order valence-corrected chi connectivity index (χ2v) is 3.04. The molecule has 0 fully saturated rings. The molecule has 0 saturated carbocycles. The summed E-state index contributed by atoms with van der Waals surface area (Å²) in [6.07, 6.45) is 1.12. The molecule has 3 nitrogen and oxygen atoms in total. The molecule has 0 atom stereocenters. The van der Waals surface area contributed by atoms with Gasteiger partial charge in [-0.25, -0.2) is 4.98 Å². The monoisotopic (exact) mass is 187 g/mol. The van der Waals surface area contributed by atoms with Crippen LogP contribution in [0.2, 0.25) is 0 Å². The molecule has 2 rings (SSSR count). The normalized spacial score (nSPS) is 15.2. The van der Waals surface area contributed by atoms with Crippen molar-refractivity contribution in [3.05, 3.63) is 17.2 Å². The number of nitrogens with zero attached hydrogens (tertiary/aromatic N) is 2. The predicted octanol–water partition coefficient (Wildman–Crippen LogP) is 0.796. The molecular weight excluding hydrogens is 174 g/mol. The minimum absolute atomic E-state index is 0. The highest BCUT2D eigenvalue weighted by Gasteiger charge is 2.14. The van der Waals surface area contributed by atoms with Gasteiger partial charge in [0.05, 0.1) is 5.69 Å². The highest BCUT2D eigenvalue weighted by atomic mass is 35.5. The Morgan fingerprint density at radius 2 is 2.25 bits per heavy atom. The molecule has 1 aliphatic heterocycles. The predicted molar refractivity (Wildman–Crippen MR) is 50.6 cm³/mol. The van der Waals surface area contributed by atoms with Gasteiger partial charge in [0.15, 0.2) is 0 Å². The van der Waals surface area contributed by atoms with Crippen LogP contribution in [0.25, 0.3) is 0 Å². The van der Waals surface area contributed by atoms with E-state index >= 15 is 0 Å². The molecule has 68 valence electrons. The summed E-state index contributed by atoms with van der Waals surface area (Å²) >= 11 is 0. The number of hydrogen-bond acceptors (Lipinski definition) is 2. The van der Waals surface area contributed by atoms with Crippen LogP contribution in [0.4, 0.5) is 0 Å². The molecule has 1 N–H and O–H groups in total. The van der Waals surface area contributed by atoms with Crippen LogP contribution in [-0.4, -0.2) is 16.1 Å². The van der Waals surface area contributed by atoms with Crippen LogP contribution in [0, 0.1) is 6.92 Å². The summed E-state index contributed by atoms with van der Waals surface area (Å²) in [6.45, 7) is 4.08. The van der Waals surface area contributed by atoms with Crippen molar-refractivity contribution in [3.63, 3.8) is 0 Å². The van der Waals surface area contributed by atoms with Gasteiger partial charge in [-0.1, -0.05) is 0 Å². The van der Waals surface area contributed by atoms with Crippen molar-refractivity contribution in [2.24, 2.45) is 7.05 Å². The van der Waals surface area contributed by atoms with Gasteiger partial charge in [0.1, 0.15) is 5.82 Å². The Bertz CT molecular complexity index is 280.